The van der Waals surface area contributed by atoms with Gasteiger partial charge in [-0.2, -0.15) is 0 Å². The van der Waals surface area contributed by atoms with Gasteiger partial charge in [-0.1, -0.05) is 80.4 Å². The van der Waals surface area contributed by atoms with Gasteiger partial charge in [-0.15, -0.1) is 0 Å². The summed E-state index contributed by atoms with van der Waals surface area (Å²) in [7, 11) is -4.11. The number of halogens is 2. The number of hydrogen-bond acceptors (Lipinski definition) is 4. The molecule has 0 aromatic heterocycles. The maximum Gasteiger partial charge on any atom is 0.264 e. The molecule has 0 bridgehead atoms. The Morgan fingerprint density at radius 3 is 2.17 bits per heavy atom. The minimum Gasteiger partial charge on any atom is -0.354 e. The quantitative estimate of drug-likeness (QED) is 0.256. The first kappa shape index (κ1) is 31.5. The Morgan fingerprint density at radius 2 is 1.60 bits per heavy atom. The molecule has 3 aromatic rings. The Hall–Kier alpha value is -3.07. The molecular formula is C30H35Cl2N3O4S. The molecule has 10 heteroatoms. The van der Waals surface area contributed by atoms with Gasteiger partial charge >= 0.3 is 0 Å². The second kappa shape index (κ2) is 14.5. The third kappa shape index (κ3) is 7.77. The van der Waals surface area contributed by atoms with Crippen LogP contribution in [-0.2, 0) is 32.6 Å². The van der Waals surface area contributed by atoms with E-state index in [9.17, 15) is 18.0 Å². The Kier molecular flexibility index (Phi) is 11.4. The van der Waals surface area contributed by atoms with Crippen molar-refractivity contribution in [3.05, 3.63) is 94.0 Å². The van der Waals surface area contributed by atoms with Crippen molar-refractivity contribution in [2.45, 2.75) is 57.5 Å². The zero-order chi connectivity index (χ0) is 29.3. The number of anilines is 1. The summed E-state index contributed by atoms with van der Waals surface area (Å²) in [6.45, 7) is 5.70. The normalized spacial score (nSPS) is 12.0. The SMILES string of the molecule is CCCNC(=O)[C@H](CC)N(Cc1ccc(Cl)cc1Cl)C(=O)CN(c1ccc(CC)cc1)S(=O)(=O)c1ccccc1. The molecule has 0 unspecified atom stereocenters. The topological polar surface area (TPSA) is 86.8 Å². The zero-order valence-electron chi connectivity index (χ0n) is 22.9. The predicted octanol–water partition coefficient (Wildman–Crippen LogP) is 6.08. The number of amides is 2. The van der Waals surface area contributed by atoms with Gasteiger partial charge in [0.25, 0.3) is 10.0 Å². The van der Waals surface area contributed by atoms with Crippen molar-refractivity contribution in [2.75, 3.05) is 17.4 Å². The van der Waals surface area contributed by atoms with Crippen molar-refractivity contribution in [3.8, 4) is 0 Å². The van der Waals surface area contributed by atoms with Gasteiger partial charge in [0.1, 0.15) is 12.6 Å². The highest BCUT2D eigenvalue weighted by molar-refractivity contribution is 7.92. The summed E-state index contributed by atoms with van der Waals surface area (Å²) in [5.74, 6) is -0.851. The molecule has 1 N–H and O–H groups in total. The van der Waals surface area contributed by atoms with Crippen LogP contribution in [0.4, 0.5) is 5.69 Å². The number of aryl methyl sites for hydroxylation is 1. The number of rotatable bonds is 13. The molecule has 7 nitrogen and oxygen atoms in total. The van der Waals surface area contributed by atoms with Crippen LogP contribution in [0.5, 0.6) is 0 Å². The van der Waals surface area contributed by atoms with E-state index in [4.69, 9.17) is 23.2 Å². The average Bonchev–Trinajstić information content (AvgIpc) is 2.96. The van der Waals surface area contributed by atoms with Crippen LogP contribution < -0.4 is 9.62 Å². The molecule has 3 aromatic carbocycles. The largest absolute Gasteiger partial charge is 0.354 e. The van der Waals surface area contributed by atoms with E-state index in [1.807, 2.05) is 32.9 Å². The lowest BCUT2D eigenvalue weighted by molar-refractivity contribution is -0.140. The third-order valence-electron chi connectivity index (χ3n) is 6.53. The monoisotopic (exact) mass is 603 g/mol. The second-order valence-electron chi connectivity index (χ2n) is 9.32. The van der Waals surface area contributed by atoms with Crippen molar-refractivity contribution in [3.63, 3.8) is 0 Å². The van der Waals surface area contributed by atoms with E-state index in [0.717, 1.165) is 22.7 Å². The Morgan fingerprint density at radius 1 is 0.925 bits per heavy atom. The molecule has 40 heavy (non-hydrogen) atoms. The van der Waals surface area contributed by atoms with Crippen LogP contribution >= 0.6 is 23.2 Å². The minimum absolute atomic E-state index is 0.000877. The fourth-order valence-corrected chi connectivity index (χ4v) is 6.17. The van der Waals surface area contributed by atoms with Crippen LogP contribution in [-0.4, -0.2) is 44.3 Å². The van der Waals surface area contributed by atoms with Gasteiger partial charge in [0.2, 0.25) is 11.8 Å². The van der Waals surface area contributed by atoms with Gasteiger partial charge < -0.3 is 10.2 Å². The highest BCUT2D eigenvalue weighted by Crippen LogP contribution is 2.27. The predicted molar refractivity (Wildman–Crippen MR) is 161 cm³/mol. The summed E-state index contributed by atoms with van der Waals surface area (Å²) in [6.07, 6.45) is 1.84. The van der Waals surface area contributed by atoms with E-state index in [1.165, 1.54) is 17.0 Å². The summed E-state index contributed by atoms with van der Waals surface area (Å²) < 4.78 is 28.8. The van der Waals surface area contributed by atoms with Crippen LogP contribution in [0.15, 0.2) is 77.7 Å². The molecule has 0 saturated heterocycles. The Balaban J connectivity index is 2.06. The van der Waals surface area contributed by atoms with Gasteiger partial charge in [0.15, 0.2) is 0 Å². The first-order valence-corrected chi connectivity index (χ1v) is 15.5. The van der Waals surface area contributed by atoms with E-state index < -0.39 is 28.5 Å². The number of hydrogen-bond donors (Lipinski definition) is 1. The van der Waals surface area contributed by atoms with Crippen molar-refractivity contribution < 1.29 is 18.0 Å². The number of nitrogens with zero attached hydrogens (tertiary/aromatic N) is 2. The van der Waals surface area contributed by atoms with Crippen LogP contribution in [0.2, 0.25) is 10.0 Å². The third-order valence-corrected chi connectivity index (χ3v) is 8.91. The van der Waals surface area contributed by atoms with Crippen LogP contribution in [0, 0.1) is 0 Å². The first-order chi connectivity index (χ1) is 19.1. The van der Waals surface area contributed by atoms with Crippen molar-refractivity contribution in [2.24, 2.45) is 0 Å². The van der Waals surface area contributed by atoms with Crippen molar-refractivity contribution >= 4 is 50.7 Å². The molecule has 0 radical (unpaired) electrons. The maximum atomic E-state index is 14.1. The summed E-state index contributed by atoms with van der Waals surface area (Å²) in [5, 5.41) is 3.65. The van der Waals surface area contributed by atoms with Gasteiger partial charge in [-0.3, -0.25) is 13.9 Å². The Labute approximate surface area is 247 Å². The molecule has 2 amide bonds. The van der Waals surface area contributed by atoms with Crippen molar-refractivity contribution in [1.82, 2.24) is 10.2 Å². The Bertz CT molecular complexity index is 1400. The lowest BCUT2D eigenvalue weighted by atomic mass is 10.1. The molecule has 0 aliphatic rings. The fourth-order valence-electron chi connectivity index (χ4n) is 4.27. The molecule has 3 rings (SSSR count). The molecule has 0 spiro atoms. The summed E-state index contributed by atoms with van der Waals surface area (Å²) in [5.41, 5.74) is 1.97. The maximum absolute atomic E-state index is 14.1. The molecule has 0 heterocycles. The van der Waals surface area contributed by atoms with Gasteiger partial charge in [0.05, 0.1) is 10.6 Å². The lowest BCUT2D eigenvalue weighted by Crippen LogP contribution is -2.52. The van der Waals surface area contributed by atoms with E-state index in [1.54, 1.807) is 48.5 Å². The average molecular weight is 605 g/mol. The van der Waals surface area contributed by atoms with Crippen molar-refractivity contribution in [1.29, 1.82) is 0 Å². The summed E-state index contributed by atoms with van der Waals surface area (Å²) in [6, 6.07) is 19.1. The standard InChI is InChI=1S/C30H35Cl2N3O4S/c1-4-18-33-30(37)28(6-3)34(20-23-14-15-24(31)19-27(23)32)29(36)21-35(25-16-12-22(5-2)13-17-25)40(38,39)26-10-8-7-9-11-26/h7-17,19,28H,4-6,18,20-21H2,1-3H3,(H,33,37)/t28-/m0/s1. The van der Waals surface area contributed by atoms with Gasteiger partial charge in [-0.25, -0.2) is 8.42 Å². The molecule has 0 aliphatic carbocycles. The number of carbonyl (C=O) groups is 2. The number of carbonyl (C=O) groups excluding carboxylic acids is 2. The summed E-state index contributed by atoms with van der Waals surface area (Å²) >= 11 is 12.5. The van der Waals surface area contributed by atoms with E-state index in [-0.39, 0.29) is 17.3 Å². The molecule has 214 valence electrons. The smallest absolute Gasteiger partial charge is 0.264 e. The minimum atomic E-state index is -4.11. The summed E-state index contributed by atoms with van der Waals surface area (Å²) in [4.78, 5) is 28.7. The van der Waals surface area contributed by atoms with Gasteiger partial charge in [0, 0.05) is 23.1 Å². The molecule has 0 saturated carbocycles. The second-order valence-corrected chi connectivity index (χ2v) is 12.0. The zero-order valence-corrected chi connectivity index (χ0v) is 25.3. The first-order valence-electron chi connectivity index (χ1n) is 13.3. The molecule has 0 fully saturated rings. The van der Waals surface area contributed by atoms with E-state index in [2.05, 4.69) is 5.32 Å². The van der Waals surface area contributed by atoms with Crippen LogP contribution in [0.25, 0.3) is 0 Å². The molecule has 1 atom stereocenters. The van der Waals surface area contributed by atoms with E-state index >= 15 is 0 Å². The van der Waals surface area contributed by atoms with E-state index in [0.29, 0.717) is 34.3 Å². The highest BCUT2D eigenvalue weighted by Gasteiger charge is 2.33. The lowest BCUT2D eigenvalue weighted by Gasteiger charge is -2.33. The van der Waals surface area contributed by atoms with Gasteiger partial charge in [-0.05, 0) is 66.8 Å². The highest BCUT2D eigenvalue weighted by atomic mass is 35.5. The molecule has 0 aliphatic heterocycles. The number of nitrogens with one attached hydrogen (secondary N) is 1. The fraction of sp³-hybridized carbons (Fsp3) is 0.333. The number of benzene rings is 3. The number of sulfonamides is 1. The van der Waals surface area contributed by atoms with Crippen LogP contribution in [0.3, 0.4) is 0 Å². The molecular weight excluding hydrogens is 569 g/mol. The van der Waals surface area contributed by atoms with Crippen LogP contribution in [0.1, 0.15) is 44.7 Å².